The summed E-state index contributed by atoms with van der Waals surface area (Å²) in [6.45, 7) is 0.971. The topological polar surface area (TPSA) is 45.2 Å². The van der Waals surface area contributed by atoms with Gasteiger partial charge in [-0.15, -0.1) is 0 Å². The summed E-state index contributed by atoms with van der Waals surface area (Å²) in [5.41, 5.74) is 3.91. The molecule has 3 heteroatoms. The first-order chi connectivity index (χ1) is 13.8. The number of nitrogens with one attached hydrogen (secondary N) is 1. The van der Waals surface area contributed by atoms with Crippen LogP contribution in [-0.4, -0.2) is 22.7 Å². The van der Waals surface area contributed by atoms with E-state index in [0.717, 1.165) is 52.5 Å². The monoisotopic (exact) mass is 368 g/mol. The number of fused-ring (bicyclic) bond motifs is 3. The lowest BCUT2D eigenvalue weighted by molar-refractivity contribution is 0.115. The van der Waals surface area contributed by atoms with Crippen LogP contribution >= 0.6 is 0 Å². The summed E-state index contributed by atoms with van der Waals surface area (Å²) in [6.07, 6.45) is 2.79. The maximum atomic E-state index is 11.3. The summed E-state index contributed by atoms with van der Waals surface area (Å²) in [6, 6.07) is 25.0. The number of aliphatic hydroxyl groups excluding tert-OH is 1. The number of hydrogen-bond acceptors (Lipinski definition) is 3. The molecule has 1 aromatic heterocycles. The second-order valence-corrected chi connectivity index (χ2v) is 7.65. The minimum absolute atomic E-state index is 0.0921. The third-order valence-electron chi connectivity index (χ3n) is 5.85. The highest BCUT2D eigenvalue weighted by molar-refractivity contribution is 6.07. The van der Waals surface area contributed by atoms with Gasteiger partial charge in [-0.2, -0.15) is 0 Å². The van der Waals surface area contributed by atoms with Gasteiger partial charge in [-0.3, -0.25) is 0 Å². The molecule has 0 radical (unpaired) electrons. The van der Waals surface area contributed by atoms with Crippen molar-refractivity contribution in [1.82, 2.24) is 10.3 Å². The van der Waals surface area contributed by atoms with Crippen LogP contribution in [0.1, 0.15) is 30.9 Å². The minimum atomic E-state index is -0.547. The van der Waals surface area contributed by atoms with Gasteiger partial charge in [-0.05, 0) is 36.4 Å². The van der Waals surface area contributed by atoms with Gasteiger partial charge in [0.25, 0.3) is 0 Å². The molecular formula is C25H24N2O. The van der Waals surface area contributed by atoms with Crippen molar-refractivity contribution < 1.29 is 5.11 Å². The molecule has 1 aliphatic heterocycles. The van der Waals surface area contributed by atoms with Gasteiger partial charge in [0.15, 0.2) is 0 Å². The van der Waals surface area contributed by atoms with Crippen molar-refractivity contribution in [3.8, 4) is 11.3 Å². The van der Waals surface area contributed by atoms with Crippen LogP contribution in [-0.2, 0) is 0 Å². The first-order valence-corrected chi connectivity index (χ1v) is 10.1. The summed E-state index contributed by atoms with van der Waals surface area (Å²) in [7, 11) is 0. The first kappa shape index (κ1) is 17.4. The van der Waals surface area contributed by atoms with Crippen LogP contribution in [0.5, 0.6) is 0 Å². The Morgan fingerprint density at radius 2 is 1.71 bits per heavy atom. The van der Waals surface area contributed by atoms with Gasteiger partial charge in [-0.25, -0.2) is 4.98 Å². The summed E-state index contributed by atoms with van der Waals surface area (Å²) >= 11 is 0. The first-order valence-electron chi connectivity index (χ1n) is 10.1. The Bertz CT molecular complexity index is 1120. The van der Waals surface area contributed by atoms with E-state index in [-0.39, 0.29) is 6.04 Å². The van der Waals surface area contributed by atoms with Gasteiger partial charge >= 0.3 is 0 Å². The third-order valence-corrected chi connectivity index (χ3v) is 5.85. The zero-order valence-electron chi connectivity index (χ0n) is 15.8. The smallest absolute Gasteiger partial charge is 0.0950 e. The molecular weight excluding hydrogens is 344 g/mol. The summed E-state index contributed by atoms with van der Waals surface area (Å²) in [5, 5.41) is 18.1. The van der Waals surface area contributed by atoms with Crippen LogP contribution in [0.25, 0.3) is 32.9 Å². The molecule has 2 N–H and O–H groups in total. The van der Waals surface area contributed by atoms with Crippen LogP contribution < -0.4 is 5.32 Å². The van der Waals surface area contributed by atoms with Crippen molar-refractivity contribution in [1.29, 1.82) is 0 Å². The molecule has 0 bridgehead atoms. The molecule has 2 heterocycles. The molecule has 3 aromatic carbocycles. The van der Waals surface area contributed by atoms with Crippen LogP contribution in [0, 0.1) is 0 Å². The van der Waals surface area contributed by atoms with Crippen molar-refractivity contribution in [2.24, 2.45) is 0 Å². The second-order valence-electron chi connectivity index (χ2n) is 7.65. The van der Waals surface area contributed by atoms with Crippen LogP contribution in [0.3, 0.4) is 0 Å². The fourth-order valence-corrected chi connectivity index (χ4v) is 4.35. The molecule has 0 spiro atoms. The Labute approximate surface area is 165 Å². The molecule has 0 amide bonds. The van der Waals surface area contributed by atoms with E-state index in [4.69, 9.17) is 4.98 Å². The summed E-state index contributed by atoms with van der Waals surface area (Å²) < 4.78 is 0. The van der Waals surface area contributed by atoms with Gasteiger partial charge in [-0.1, -0.05) is 73.2 Å². The lowest BCUT2D eigenvalue weighted by Crippen LogP contribution is -2.38. The number of benzene rings is 3. The van der Waals surface area contributed by atoms with Gasteiger partial charge < -0.3 is 10.4 Å². The Morgan fingerprint density at radius 3 is 2.54 bits per heavy atom. The number of aliphatic hydroxyl groups is 1. The molecule has 1 saturated heterocycles. The number of pyridine rings is 1. The van der Waals surface area contributed by atoms with Crippen LogP contribution in [0.2, 0.25) is 0 Å². The third kappa shape index (κ3) is 3.07. The quantitative estimate of drug-likeness (QED) is 0.487. The van der Waals surface area contributed by atoms with E-state index in [2.05, 4.69) is 59.9 Å². The predicted octanol–water partition coefficient (Wildman–Crippen LogP) is 5.23. The Balaban J connectivity index is 1.76. The van der Waals surface area contributed by atoms with E-state index in [1.807, 2.05) is 18.2 Å². The van der Waals surface area contributed by atoms with Crippen molar-refractivity contribution in [2.75, 3.05) is 6.54 Å². The molecule has 0 aliphatic carbocycles. The molecule has 140 valence electrons. The molecule has 2 atom stereocenters. The highest BCUT2D eigenvalue weighted by atomic mass is 16.3. The number of rotatable bonds is 3. The van der Waals surface area contributed by atoms with E-state index < -0.39 is 6.10 Å². The molecule has 0 saturated carbocycles. The molecule has 4 aromatic rings. The van der Waals surface area contributed by atoms with E-state index >= 15 is 0 Å². The standard InChI is InChI=1S/C25H24N2O/c28-25(22-12-6-7-15-26-22)21-16-23(18-9-2-1-3-10-18)27-24-19-11-5-4-8-17(19)13-14-20(21)24/h1-5,8-11,13-14,16,22,25-26,28H,6-7,12,15H2. The van der Waals surface area contributed by atoms with Gasteiger partial charge in [0, 0.05) is 22.4 Å². The Hall–Kier alpha value is -2.75. The van der Waals surface area contributed by atoms with Gasteiger partial charge in [0.2, 0.25) is 0 Å². The molecule has 3 nitrogen and oxygen atoms in total. The SMILES string of the molecule is OC(c1cc(-c2ccccc2)nc2c1ccc1ccccc12)C1CCCCN1. The Kier molecular flexibility index (Phi) is 4.55. The van der Waals surface area contributed by atoms with E-state index in [1.165, 1.54) is 11.8 Å². The lowest BCUT2D eigenvalue weighted by atomic mass is 9.91. The fourth-order valence-electron chi connectivity index (χ4n) is 4.35. The largest absolute Gasteiger partial charge is 0.387 e. The van der Waals surface area contributed by atoms with Crippen molar-refractivity contribution in [3.05, 3.63) is 78.4 Å². The second kappa shape index (κ2) is 7.34. The van der Waals surface area contributed by atoms with Crippen LogP contribution in [0.15, 0.2) is 72.8 Å². The normalized spacial score (nSPS) is 18.4. The number of aromatic nitrogens is 1. The molecule has 5 rings (SSSR count). The maximum Gasteiger partial charge on any atom is 0.0950 e. The molecule has 28 heavy (non-hydrogen) atoms. The minimum Gasteiger partial charge on any atom is -0.387 e. The highest BCUT2D eigenvalue weighted by Gasteiger charge is 2.25. The average Bonchev–Trinajstić information content (AvgIpc) is 2.79. The van der Waals surface area contributed by atoms with Crippen molar-refractivity contribution in [2.45, 2.75) is 31.4 Å². The van der Waals surface area contributed by atoms with Gasteiger partial charge in [0.1, 0.15) is 0 Å². The summed E-state index contributed by atoms with van der Waals surface area (Å²) in [5.74, 6) is 0. The molecule has 2 unspecified atom stereocenters. The average molecular weight is 368 g/mol. The van der Waals surface area contributed by atoms with Crippen LogP contribution in [0.4, 0.5) is 0 Å². The lowest BCUT2D eigenvalue weighted by Gasteiger charge is -2.29. The zero-order chi connectivity index (χ0) is 18.9. The Morgan fingerprint density at radius 1 is 0.893 bits per heavy atom. The van der Waals surface area contributed by atoms with Crippen molar-refractivity contribution in [3.63, 3.8) is 0 Å². The maximum absolute atomic E-state index is 11.3. The predicted molar refractivity (Wildman–Crippen MR) is 115 cm³/mol. The molecule has 1 fully saturated rings. The number of hydrogen-bond donors (Lipinski definition) is 2. The van der Waals surface area contributed by atoms with E-state index in [0.29, 0.717) is 0 Å². The van der Waals surface area contributed by atoms with Crippen molar-refractivity contribution >= 4 is 21.7 Å². The number of nitrogens with zero attached hydrogens (tertiary/aromatic N) is 1. The van der Waals surface area contributed by atoms with E-state index in [9.17, 15) is 5.11 Å². The fraction of sp³-hybridized carbons (Fsp3) is 0.240. The number of piperidine rings is 1. The van der Waals surface area contributed by atoms with E-state index in [1.54, 1.807) is 0 Å². The summed E-state index contributed by atoms with van der Waals surface area (Å²) in [4.78, 5) is 5.03. The highest BCUT2D eigenvalue weighted by Crippen LogP contribution is 2.35. The zero-order valence-corrected chi connectivity index (χ0v) is 15.8. The molecule has 1 aliphatic rings. The van der Waals surface area contributed by atoms with Gasteiger partial charge in [0.05, 0.1) is 17.3 Å².